The molecule has 1 rings (SSSR count). The fourth-order valence-electron chi connectivity index (χ4n) is 2.47. The van der Waals surface area contributed by atoms with Crippen LogP contribution in [0.15, 0.2) is 18.2 Å². The summed E-state index contributed by atoms with van der Waals surface area (Å²) >= 11 is 0. The maximum absolute atomic E-state index is 10.8. The zero-order valence-corrected chi connectivity index (χ0v) is 12.8. The Hall–Kier alpha value is -1.78. The monoisotopic (exact) mass is 279 g/mol. The minimum atomic E-state index is -0.441. The first-order valence-corrected chi connectivity index (χ1v) is 7.21. The quantitative estimate of drug-likeness (QED) is 0.467. The standard InChI is InChI=1S/C15H25N3O2/c1-5-12(6-2)17(10-11(3)4)13-7-8-15(18(19)20)14(16)9-13/h7-9,11-12H,5-6,10,16H2,1-4H3. The van der Waals surface area contributed by atoms with E-state index in [1.165, 1.54) is 6.07 Å². The first kappa shape index (κ1) is 16.3. The van der Waals surface area contributed by atoms with Gasteiger partial charge in [-0.2, -0.15) is 0 Å². The topological polar surface area (TPSA) is 72.4 Å². The van der Waals surface area contributed by atoms with Crippen LogP contribution in [0.4, 0.5) is 17.1 Å². The van der Waals surface area contributed by atoms with E-state index in [4.69, 9.17) is 5.73 Å². The van der Waals surface area contributed by atoms with E-state index in [-0.39, 0.29) is 11.4 Å². The summed E-state index contributed by atoms with van der Waals surface area (Å²) in [5.74, 6) is 0.520. The predicted molar refractivity (Wildman–Crippen MR) is 84.1 cm³/mol. The molecule has 0 aliphatic carbocycles. The Morgan fingerprint density at radius 2 is 1.90 bits per heavy atom. The van der Waals surface area contributed by atoms with Crippen molar-refractivity contribution in [3.63, 3.8) is 0 Å². The number of anilines is 2. The summed E-state index contributed by atoms with van der Waals surface area (Å²) in [5, 5.41) is 10.8. The van der Waals surface area contributed by atoms with Crippen molar-refractivity contribution in [2.24, 2.45) is 5.92 Å². The Balaban J connectivity index is 3.13. The highest BCUT2D eigenvalue weighted by molar-refractivity contribution is 5.66. The lowest BCUT2D eigenvalue weighted by molar-refractivity contribution is -0.383. The lowest BCUT2D eigenvalue weighted by atomic mass is 10.1. The first-order valence-electron chi connectivity index (χ1n) is 7.21. The Labute approximate surface area is 120 Å². The molecular formula is C15H25N3O2. The van der Waals surface area contributed by atoms with E-state index in [0.29, 0.717) is 12.0 Å². The van der Waals surface area contributed by atoms with E-state index in [2.05, 4.69) is 32.6 Å². The number of hydrogen-bond donors (Lipinski definition) is 1. The minimum absolute atomic E-state index is 0.0252. The van der Waals surface area contributed by atoms with Gasteiger partial charge in [0.25, 0.3) is 5.69 Å². The SMILES string of the molecule is CCC(CC)N(CC(C)C)c1ccc([N+](=O)[O-])c(N)c1. The molecule has 1 aromatic carbocycles. The van der Waals surface area contributed by atoms with Crippen LogP contribution in [0.1, 0.15) is 40.5 Å². The molecule has 0 aromatic heterocycles. The first-order chi connectivity index (χ1) is 9.40. The highest BCUT2D eigenvalue weighted by atomic mass is 16.6. The minimum Gasteiger partial charge on any atom is -0.393 e. The number of hydrogen-bond acceptors (Lipinski definition) is 4. The van der Waals surface area contributed by atoms with Gasteiger partial charge in [-0.15, -0.1) is 0 Å². The number of nitrogen functional groups attached to an aromatic ring is 1. The number of rotatable bonds is 7. The zero-order valence-electron chi connectivity index (χ0n) is 12.8. The van der Waals surface area contributed by atoms with E-state index in [1.807, 2.05) is 0 Å². The van der Waals surface area contributed by atoms with Crippen molar-refractivity contribution in [2.45, 2.75) is 46.6 Å². The largest absolute Gasteiger partial charge is 0.393 e. The van der Waals surface area contributed by atoms with Gasteiger partial charge in [-0.1, -0.05) is 27.7 Å². The summed E-state index contributed by atoms with van der Waals surface area (Å²) in [7, 11) is 0. The van der Waals surface area contributed by atoms with Crippen molar-refractivity contribution in [3.8, 4) is 0 Å². The average Bonchev–Trinajstić information content (AvgIpc) is 2.37. The third-order valence-corrected chi connectivity index (χ3v) is 3.48. The summed E-state index contributed by atoms with van der Waals surface area (Å²) in [6.45, 7) is 9.59. The van der Waals surface area contributed by atoms with Gasteiger partial charge in [-0.25, -0.2) is 0 Å². The molecule has 0 unspecified atom stereocenters. The van der Waals surface area contributed by atoms with Gasteiger partial charge in [0.15, 0.2) is 0 Å². The molecule has 0 saturated carbocycles. The Morgan fingerprint density at radius 1 is 1.30 bits per heavy atom. The zero-order chi connectivity index (χ0) is 15.3. The van der Waals surface area contributed by atoms with Crippen molar-refractivity contribution in [2.75, 3.05) is 17.2 Å². The van der Waals surface area contributed by atoms with Crippen molar-refractivity contribution in [3.05, 3.63) is 28.3 Å². The summed E-state index contributed by atoms with van der Waals surface area (Å²) < 4.78 is 0. The predicted octanol–water partition coefficient (Wildman–Crippen LogP) is 3.83. The fraction of sp³-hybridized carbons (Fsp3) is 0.600. The van der Waals surface area contributed by atoms with E-state index in [1.54, 1.807) is 12.1 Å². The number of nitrogens with zero attached hydrogens (tertiary/aromatic N) is 2. The van der Waals surface area contributed by atoms with Gasteiger partial charge in [0.2, 0.25) is 0 Å². The van der Waals surface area contributed by atoms with Crippen molar-refractivity contribution in [1.29, 1.82) is 0 Å². The molecule has 0 aliphatic heterocycles. The molecule has 5 nitrogen and oxygen atoms in total. The second-order valence-corrected chi connectivity index (χ2v) is 5.52. The molecule has 5 heteroatoms. The van der Waals surface area contributed by atoms with Crippen LogP contribution in [0.25, 0.3) is 0 Å². The van der Waals surface area contributed by atoms with Crippen molar-refractivity contribution < 1.29 is 4.92 Å². The Bertz CT molecular complexity index is 456. The molecule has 0 bridgehead atoms. The summed E-state index contributed by atoms with van der Waals surface area (Å²) in [6, 6.07) is 5.45. The second-order valence-electron chi connectivity index (χ2n) is 5.52. The van der Waals surface area contributed by atoms with E-state index >= 15 is 0 Å². The van der Waals surface area contributed by atoms with E-state index in [0.717, 1.165) is 25.1 Å². The van der Waals surface area contributed by atoms with Gasteiger partial charge in [-0.05, 0) is 30.9 Å². The molecule has 20 heavy (non-hydrogen) atoms. The van der Waals surface area contributed by atoms with Gasteiger partial charge in [0.1, 0.15) is 5.69 Å². The number of nitro groups is 1. The average molecular weight is 279 g/mol. The molecule has 0 spiro atoms. The third-order valence-electron chi connectivity index (χ3n) is 3.48. The highest BCUT2D eigenvalue weighted by Gasteiger charge is 2.19. The molecule has 0 radical (unpaired) electrons. The molecule has 0 atom stereocenters. The van der Waals surface area contributed by atoms with Crippen LogP contribution in [0.3, 0.4) is 0 Å². The highest BCUT2D eigenvalue weighted by Crippen LogP contribution is 2.29. The Morgan fingerprint density at radius 3 is 2.30 bits per heavy atom. The molecule has 112 valence electrons. The van der Waals surface area contributed by atoms with Crippen LogP contribution in [0.5, 0.6) is 0 Å². The summed E-state index contributed by atoms with van der Waals surface area (Å²) in [6.07, 6.45) is 2.08. The van der Waals surface area contributed by atoms with Crippen LogP contribution >= 0.6 is 0 Å². The van der Waals surface area contributed by atoms with Crippen LogP contribution in [0, 0.1) is 16.0 Å². The maximum atomic E-state index is 10.8. The maximum Gasteiger partial charge on any atom is 0.292 e. The molecule has 0 aliphatic rings. The summed E-state index contributed by atoms with van der Waals surface area (Å²) in [4.78, 5) is 12.7. The molecule has 0 fully saturated rings. The number of nitro benzene ring substituents is 1. The normalized spacial score (nSPS) is 11.1. The Kier molecular flexibility index (Phi) is 5.80. The smallest absolute Gasteiger partial charge is 0.292 e. The van der Waals surface area contributed by atoms with Gasteiger partial charge in [0.05, 0.1) is 4.92 Å². The van der Waals surface area contributed by atoms with Crippen molar-refractivity contribution >= 4 is 17.1 Å². The molecule has 0 saturated heterocycles. The van der Waals surface area contributed by atoms with Crippen molar-refractivity contribution in [1.82, 2.24) is 0 Å². The number of benzene rings is 1. The van der Waals surface area contributed by atoms with Crippen LogP contribution in [0.2, 0.25) is 0 Å². The van der Waals surface area contributed by atoms with Gasteiger partial charge in [-0.3, -0.25) is 10.1 Å². The molecule has 1 aromatic rings. The lowest BCUT2D eigenvalue weighted by Gasteiger charge is -2.34. The van der Waals surface area contributed by atoms with Gasteiger partial charge < -0.3 is 10.6 Å². The van der Waals surface area contributed by atoms with Crippen LogP contribution in [-0.4, -0.2) is 17.5 Å². The van der Waals surface area contributed by atoms with Crippen LogP contribution in [-0.2, 0) is 0 Å². The lowest BCUT2D eigenvalue weighted by Crippen LogP contribution is -2.37. The third kappa shape index (κ3) is 3.85. The molecule has 0 heterocycles. The van der Waals surface area contributed by atoms with Gasteiger partial charge in [0, 0.05) is 24.3 Å². The second kappa shape index (κ2) is 7.12. The number of nitrogens with two attached hydrogens (primary N) is 1. The fourth-order valence-corrected chi connectivity index (χ4v) is 2.47. The van der Waals surface area contributed by atoms with Gasteiger partial charge >= 0.3 is 0 Å². The molecular weight excluding hydrogens is 254 g/mol. The molecule has 2 N–H and O–H groups in total. The van der Waals surface area contributed by atoms with E-state index < -0.39 is 4.92 Å². The van der Waals surface area contributed by atoms with Crippen LogP contribution < -0.4 is 10.6 Å². The molecule has 0 amide bonds. The summed E-state index contributed by atoms with van der Waals surface area (Å²) in [5.41, 5.74) is 6.98. The van der Waals surface area contributed by atoms with E-state index in [9.17, 15) is 10.1 Å².